The molecular formula is C43H29F3O. The summed E-state index contributed by atoms with van der Waals surface area (Å²) in [7, 11) is 0. The van der Waals surface area contributed by atoms with E-state index in [0.717, 1.165) is 54.7 Å². The highest BCUT2D eigenvalue weighted by Gasteiger charge is 2.31. The Morgan fingerprint density at radius 3 is 1.45 bits per heavy atom. The summed E-state index contributed by atoms with van der Waals surface area (Å²) >= 11 is 0. The molecular weight excluding hydrogens is 589 g/mol. The number of hydrogen-bond acceptors (Lipinski definition) is 1. The van der Waals surface area contributed by atoms with E-state index in [0.29, 0.717) is 0 Å². The van der Waals surface area contributed by atoms with Gasteiger partial charge in [0.05, 0.1) is 0 Å². The van der Waals surface area contributed by atoms with Crippen LogP contribution in [0, 0.1) is 13.8 Å². The van der Waals surface area contributed by atoms with Crippen molar-refractivity contribution in [3.63, 3.8) is 0 Å². The van der Waals surface area contributed by atoms with E-state index in [1.165, 1.54) is 45.0 Å². The minimum atomic E-state index is -4.74. The number of benzene rings is 8. The smallest absolute Gasteiger partial charge is 0.406 e. The van der Waals surface area contributed by atoms with Crippen molar-refractivity contribution in [2.24, 2.45) is 0 Å². The topological polar surface area (TPSA) is 9.23 Å². The van der Waals surface area contributed by atoms with Crippen molar-refractivity contribution >= 4 is 43.1 Å². The van der Waals surface area contributed by atoms with E-state index in [-0.39, 0.29) is 5.75 Å². The highest BCUT2D eigenvalue weighted by molar-refractivity contribution is 6.25. The van der Waals surface area contributed by atoms with E-state index in [2.05, 4.69) is 134 Å². The lowest BCUT2D eigenvalue weighted by Crippen LogP contribution is -2.16. The van der Waals surface area contributed by atoms with Crippen LogP contribution in [0.25, 0.3) is 76.5 Å². The predicted molar refractivity (Wildman–Crippen MR) is 189 cm³/mol. The second-order valence-corrected chi connectivity index (χ2v) is 12.1. The number of fused-ring (bicyclic) bond motifs is 4. The summed E-state index contributed by atoms with van der Waals surface area (Å²) in [6.45, 7) is 4.32. The third-order valence-electron chi connectivity index (χ3n) is 9.27. The van der Waals surface area contributed by atoms with Gasteiger partial charge in [-0.05, 0) is 120 Å². The third-order valence-corrected chi connectivity index (χ3v) is 9.27. The van der Waals surface area contributed by atoms with E-state index < -0.39 is 6.36 Å². The summed E-state index contributed by atoms with van der Waals surface area (Å²) in [5.74, 6) is -0.242. The Kier molecular flexibility index (Phi) is 6.76. The van der Waals surface area contributed by atoms with Crippen LogP contribution in [0.1, 0.15) is 11.1 Å². The van der Waals surface area contributed by atoms with E-state index in [1.807, 2.05) is 0 Å². The van der Waals surface area contributed by atoms with Crippen molar-refractivity contribution in [3.8, 4) is 39.1 Å². The van der Waals surface area contributed by atoms with Crippen LogP contribution in [0.5, 0.6) is 5.75 Å². The largest absolute Gasteiger partial charge is 0.573 e. The molecule has 0 amide bonds. The summed E-state index contributed by atoms with van der Waals surface area (Å²) in [6, 6.07) is 47.0. The van der Waals surface area contributed by atoms with Gasteiger partial charge in [-0.25, -0.2) is 0 Å². The van der Waals surface area contributed by atoms with E-state index >= 15 is 0 Å². The summed E-state index contributed by atoms with van der Waals surface area (Å²) in [5.41, 5.74) is 8.74. The Bertz CT molecular complexity index is 2480. The number of hydrogen-bond donors (Lipinski definition) is 0. The summed E-state index contributed by atoms with van der Waals surface area (Å²) < 4.78 is 42.8. The van der Waals surface area contributed by atoms with Crippen LogP contribution in [0.4, 0.5) is 13.2 Å². The predicted octanol–water partition coefficient (Wildman–Crippen LogP) is 12.8. The monoisotopic (exact) mass is 618 g/mol. The average Bonchev–Trinajstić information content (AvgIpc) is 3.07. The second kappa shape index (κ2) is 11.0. The maximum absolute atomic E-state index is 12.9. The minimum absolute atomic E-state index is 0.242. The number of ether oxygens (including phenoxy) is 1. The highest BCUT2D eigenvalue weighted by atomic mass is 19.4. The van der Waals surface area contributed by atoms with Crippen molar-refractivity contribution in [1.29, 1.82) is 0 Å². The zero-order valence-electron chi connectivity index (χ0n) is 25.8. The van der Waals surface area contributed by atoms with E-state index in [4.69, 9.17) is 0 Å². The van der Waals surface area contributed by atoms with Crippen LogP contribution in [-0.2, 0) is 0 Å². The first-order valence-corrected chi connectivity index (χ1v) is 15.6. The summed E-state index contributed by atoms with van der Waals surface area (Å²) in [6.07, 6.45) is -4.74. The fraction of sp³-hybridized carbons (Fsp3) is 0.0698. The molecule has 0 heterocycles. The molecule has 0 atom stereocenters. The molecule has 0 fully saturated rings. The Hall–Kier alpha value is -5.61. The molecule has 8 aromatic rings. The lowest BCUT2D eigenvalue weighted by molar-refractivity contribution is -0.274. The van der Waals surface area contributed by atoms with Crippen LogP contribution in [0.2, 0.25) is 0 Å². The number of rotatable bonds is 4. The number of aryl methyl sites for hydroxylation is 2. The summed E-state index contributed by atoms with van der Waals surface area (Å²) in [4.78, 5) is 0. The van der Waals surface area contributed by atoms with E-state index in [9.17, 15) is 13.2 Å². The molecule has 0 N–H and O–H groups in total. The molecule has 0 spiro atoms. The van der Waals surface area contributed by atoms with Crippen molar-refractivity contribution in [2.75, 3.05) is 0 Å². The Labute approximate surface area is 270 Å². The van der Waals surface area contributed by atoms with Crippen molar-refractivity contribution in [2.45, 2.75) is 20.2 Å². The van der Waals surface area contributed by atoms with Crippen LogP contribution >= 0.6 is 0 Å². The van der Waals surface area contributed by atoms with Gasteiger partial charge in [-0.3, -0.25) is 0 Å². The Balaban J connectivity index is 1.51. The molecule has 47 heavy (non-hydrogen) atoms. The van der Waals surface area contributed by atoms with Crippen LogP contribution in [0.15, 0.2) is 140 Å². The molecule has 0 bridgehead atoms. The molecule has 0 saturated heterocycles. The van der Waals surface area contributed by atoms with Gasteiger partial charge in [0.25, 0.3) is 0 Å². The quantitative estimate of drug-likeness (QED) is 0.178. The van der Waals surface area contributed by atoms with Gasteiger partial charge in [0.15, 0.2) is 0 Å². The Morgan fingerprint density at radius 1 is 0.426 bits per heavy atom. The maximum atomic E-state index is 12.9. The highest BCUT2D eigenvalue weighted by Crippen LogP contribution is 2.48. The first kappa shape index (κ1) is 28.8. The molecule has 0 aliphatic rings. The summed E-state index contributed by atoms with van der Waals surface area (Å²) in [5, 5.41) is 9.20. The van der Waals surface area contributed by atoms with Crippen molar-refractivity contribution in [3.05, 3.63) is 151 Å². The van der Waals surface area contributed by atoms with Gasteiger partial charge in [-0.2, -0.15) is 0 Å². The lowest BCUT2D eigenvalue weighted by Gasteiger charge is -2.21. The first-order valence-electron chi connectivity index (χ1n) is 15.6. The average molecular weight is 619 g/mol. The van der Waals surface area contributed by atoms with Gasteiger partial charge in [0, 0.05) is 0 Å². The molecule has 0 aliphatic carbocycles. The molecule has 0 unspecified atom stereocenters. The van der Waals surface area contributed by atoms with Gasteiger partial charge < -0.3 is 4.74 Å². The zero-order valence-corrected chi connectivity index (χ0v) is 25.8. The normalized spacial score (nSPS) is 11.9. The van der Waals surface area contributed by atoms with Crippen LogP contribution < -0.4 is 4.74 Å². The molecule has 8 aromatic carbocycles. The molecule has 0 aromatic heterocycles. The van der Waals surface area contributed by atoms with Crippen LogP contribution in [0.3, 0.4) is 0 Å². The molecule has 0 aliphatic heterocycles. The lowest BCUT2D eigenvalue weighted by atomic mass is 9.82. The number of halogens is 3. The molecule has 4 heteroatoms. The van der Waals surface area contributed by atoms with Crippen LogP contribution in [-0.4, -0.2) is 6.36 Å². The van der Waals surface area contributed by atoms with Crippen molar-refractivity contribution < 1.29 is 17.9 Å². The molecule has 1 nitrogen and oxygen atoms in total. The third kappa shape index (κ3) is 5.07. The first-order chi connectivity index (χ1) is 22.7. The second-order valence-electron chi connectivity index (χ2n) is 12.1. The van der Waals surface area contributed by atoms with Gasteiger partial charge in [0.2, 0.25) is 0 Å². The maximum Gasteiger partial charge on any atom is 0.573 e. The molecule has 228 valence electrons. The van der Waals surface area contributed by atoms with Gasteiger partial charge in [0.1, 0.15) is 5.75 Å². The minimum Gasteiger partial charge on any atom is -0.406 e. The molecule has 0 saturated carbocycles. The fourth-order valence-electron chi connectivity index (χ4n) is 6.98. The fourth-order valence-corrected chi connectivity index (χ4v) is 6.98. The van der Waals surface area contributed by atoms with Crippen molar-refractivity contribution in [1.82, 2.24) is 0 Å². The standard InChI is InChI=1S/C43H29F3O/c1-26-23-38-39(24-27(26)2)42(36-16-8-12-30-10-4-6-14-34(30)36)40-25-31(28-17-20-32(21-18-28)47-43(44,45)46)19-22-37(40)41(38)35-15-7-11-29-9-3-5-13-33(29)35/h3-25H,1-2H3. The number of alkyl halides is 3. The molecule has 8 rings (SSSR count). The SMILES string of the molecule is Cc1cc2c(-c3cccc4ccccc34)c3ccc(-c4ccc(OC(F)(F)F)cc4)cc3c(-c3cccc4ccccc34)c2cc1C. The van der Waals surface area contributed by atoms with Gasteiger partial charge in [-0.15, -0.1) is 13.2 Å². The Morgan fingerprint density at radius 2 is 0.894 bits per heavy atom. The van der Waals surface area contributed by atoms with Gasteiger partial charge in [-0.1, -0.05) is 121 Å². The zero-order chi connectivity index (χ0) is 32.3. The van der Waals surface area contributed by atoms with Gasteiger partial charge >= 0.3 is 6.36 Å². The van der Waals surface area contributed by atoms with E-state index in [1.54, 1.807) is 12.1 Å². The molecule has 0 radical (unpaired) electrons.